The van der Waals surface area contributed by atoms with Gasteiger partial charge in [0.1, 0.15) is 0 Å². The van der Waals surface area contributed by atoms with Gasteiger partial charge in [-0.25, -0.2) is 0 Å². The average molecular weight is 271 g/mol. The van der Waals surface area contributed by atoms with Crippen molar-refractivity contribution in [2.24, 2.45) is 11.8 Å². The van der Waals surface area contributed by atoms with E-state index >= 15 is 0 Å². The van der Waals surface area contributed by atoms with Crippen molar-refractivity contribution in [3.8, 4) is 0 Å². The van der Waals surface area contributed by atoms with Crippen LogP contribution in [0, 0.1) is 11.8 Å². The van der Waals surface area contributed by atoms with Crippen LogP contribution in [0.3, 0.4) is 0 Å². The van der Waals surface area contributed by atoms with Crippen molar-refractivity contribution in [1.29, 1.82) is 0 Å². The van der Waals surface area contributed by atoms with E-state index in [1.807, 2.05) is 18.5 Å². The van der Waals surface area contributed by atoms with Crippen LogP contribution < -0.4 is 0 Å². The predicted octanol–water partition coefficient (Wildman–Crippen LogP) is 2.39. The summed E-state index contributed by atoms with van der Waals surface area (Å²) in [6, 6.07) is 5.16. The molecule has 3 aliphatic rings. The first-order valence-corrected chi connectivity index (χ1v) is 8.24. The Kier molecular flexibility index (Phi) is 3.49. The van der Waals surface area contributed by atoms with Gasteiger partial charge in [-0.15, -0.1) is 0 Å². The maximum absolute atomic E-state index is 4.22. The van der Waals surface area contributed by atoms with Crippen LogP contribution in [0.5, 0.6) is 0 Å². The number of pyridine rings is 1. The van der Waals surface area contributed by atoms with Gasteiger partial charge in [-0.05, 0) is 42.7 Å². The minimum atomic E-state index is 0.925. The standard InChI is InChI=1S/C17H25N3/c1-2-15(12-18-5-1)13-19-6-8-20(9-7-19)17-11-14-3-4-16(17)10-14/h1-2,5,12,14,16-17H,3-4,6-11,13H2/t14-,16+,17-/m0/s1. The molecule has 1 saturated heterocycles. The maximum Gasteiger partial charge on any atom is 0.0312 e. The van der Waals surface area contributed by atoms with E-state index in [4.69, 9.17) is 0 Å². The zero-order chi connectivity index (χ0) is 13.4. The number of hydrogen-bond acceptors (Lipinski definition) is 3. The van der Waals surface area contributed by atoms with Gasteiger partial charge < -0.3 is 0 Å². The Morgan fingerprint density at radius 2 is 2.00 bits per heavy atom. The summed E-state index contributed by atoms with van der Waals surface area (Å²) in [5.74, 6) is 2.10. The van der Waals surface area contributed by atoms with Crippen LogP contribution in [0.15, 0.2) is 24.5 Å². The quantitative estimate of drug-likeness (QED) is 0.841. The van der Waals surface area contributed by atoms with E-state index in [1.165, 1.54) is 57.4 Å². The van der Waals surface area contributed by atoms with E-state index < -0.39 is 0 Å². The zero-order valence-electron chi connectivity index (χ0n) is 12.2. The summed E-state index contributed by atoms with van der Waals surface area (Å²) in [6.07, 6.45) is 9.90. The second-order valence-corrected chi connectivity index (χ2v) is 6.92. The molecule has 0 radical (unpaired) electrons. The Hall–Kier alpha value is -0.930. The largest absolute Gasteiger partial charge is 0.298 e. The highest BCUT2D eigenvalue weighted by molar-refractivity contribution is 5.08. The second kappa shape index (κ2) is 5.45. The van der Waals surface area contributed by atoms with Crippen LogP contribution in [-0.4, -0.2) is 47.0 Å². The number of rotatable bonds is 3. The number of nitrogens with zero attached hydrogens (tertiary/aromatic N) is 3. The third kappa shape index (κ3) is 2.49. The highest BCUT2D eigenvalue weighted by Crippen LogP contribution is 2.46. The van der Waals surface area contributed by atoms with E-state index in [9.17, 15) is 0 Å². The molecule has 2 heterocycles. The number of fused-ring (bicyclic) bond motifs is 2. The van der Waals surface area contributed by atoms with Crippen molar-refractivity contribution in [3.63, 3.8) is 0 Å². The minimum absolute atomic E-state index is 0.925. The van der Waals surface area contributed by atoms with Crippen LogP contribution in [0.25, 0.3) is 0 Å². The molecular weight excluding hydrogens is 246 g/mol. The lowest BCUT2D eigenvalue weighted by atomic mass is 9.93. The van der Waals surface area contributed by atoms with Crippen LogP contribution in [0.4, 0.5) is 0 Å². The van der Waals surface area contributed by atoms with Crippen molar-refractivity contribution in [3.05, 3.63) is 30.1 Å². The lowest BCUT2D eigenvalue weighted by Gasteiger charge is -2.41. The third-order valence-corrected chi connectivity index (χ3v) is 5.71. The smallest absolute Gasteiger partial charge is 0.0312 e. The van der Waals surface area contributed by atoms with Crippen LogP contribution >= 0.6 is 0 Å². The fraction of sp³-hybridized carbons (Fsp3) is 0.706. The molecule has 2 bridgehead atoms. The van der Waals surface area contributed by atoms with Crippen LogP contribution in [-0.2, 0) is 6.54 Å². The molecule has 0 aromatic carbocycles. The van der Waals surface area contributed by atoms with Gasteiger partial charge in [0, 0.05) is 51.2 Å². The minimum Gasteiger partial charge on any atom is -0.298 e. The summed E-state index contributed by atoms with van der Waals surface area (Å²) in [5.41, 5.74) is 1.35. The highest BCUT2D eigenvalue weighted by atomic mass is 15.3. The molecule has 0 amide bonds. The lowest BCUT2D eigenvalue weighted by Crippen LogP contribution is -2.51. The van der Waals surface area contributed by atoms with Gasteiger partial charge in [0.2, 0.25) is 0 Å². The summed E-state index contributed by atoms with van der Waals surface area (Å²) >= 11 is 0. The Bertz CT molecular complexity index is 439. The third-order valence-electron chi connectivity index (χ3n) is 5.71. The molecule has 0 spiro atoms. The summed E-state index contributed by atoms with van der Waals surface area (Å²) in [7, 11) is 0. The highest BCUT2D eigenvalue weighted by Gasteiger charge is 2.42. The average Bonchev–Trinajstić information content (AvgIpc) is 3.12. The van der Waals surface area contributed by atoms with Crippen molar-refractivity contribution in [1.82, 2.24) is 14.8 Å². The van der Waals surface area contributed by atoms with Gasteiger partial charge in [0.15, 0.2) is 0 Å². The summed E-state index contributed by atoms with van der Waals surface area (Å²) < 4.78 is 0. The van der Waals surface area contributed by atoms with Crippen molar-refractivity contribution < 1.29 is 0 Å². The topological polar surface area (TPSA) is 19.4 Å². The lowest BCUT2D eigenvalue weighted by molar-refractivity contribution is 0.0679. The summed E-state index contributed by atoms with van der Waals surface area (Å²) in [4.78, 5) is 9.60. The second-order valence-electron chi connectivity index (χ2n) is 6.92. The van der Waals surface area contributed by atoms with E-state index in [0.29, 0.717) is 0 Å². The van der Waals surface area contributed by atoms with E-state index in [1.54, 1.807) is 0 Å². The molecule has 2 aliphatic carbocycles. The predicted molar refractivity (Wildman–Crippen MR) is 80.3 cm³/mol. The molecule has 0 N–H and O–H groups in total. The molecule has 3 fully saturated rings. The molecule has 3 nitrogen and oxygen atoms in total. The number of aromatic nitrogens is 1. The fourth-order valence-electron chi connectivity index (χ4n) is 4.66. The molecule has 1 aliphatic heterocycles. The Morgan fingerprint density at radius 3 is 2.65 bits per heavy atom. The molecule has 1 aromatic heterocycles. The molecule has 2 saturated carbocycles. The maximum atomic E-state index is 4.22. The Labute approximate surface area is 122 Å². The van der Waals surface area contributed by atoms with Crippen molar-refractivity contribution >= 4 is 0 Å². The van der Waals surface area contributed by atoms with Crippen molar-refractivity contribution in [2.75, 3.05) is 26.2 Å². The van der Waals surface area contributed by atoms with Crippen LogP contribution in [0.1, 0.15) is 31.2 Å². The first-order chi connectivity index (χ1) is 9.88. The first-order valence-electron chi connectivity index (χ1n) is 8.24. The summed E-state index contributed by atoms with van der Waals surface area (Å²) in [6.45, 7) is 6.06. The molecule has 3 heteroatoms. The van der Waals surface area contributed by atoms with Crippen molar-refractivity contribution in [2.45, 2.75) is 38.3 Å². The van der Waals surface area contributed by atoms with E-state index in [-0.39, 0.29) is 0 Å². The number of piperazine rings is 1. The van der Waals surface area contributed by atoms with Gasteiger partial charge >= 0.3 is 0 Å². The van der Waals surface area contributed by atoms with Crippen LogP contribution in [0.2, 0.25) is 0 Å². The molecule has 0 unspecified atom stereocenters. The van der Waals surface area contributed by atoms with E-state index in [0.717, 1.165) is 24.4 Å². The molecule has 1 aromatic rings. The van der Waals surface area contributed by atoms with Gasteiger partial charge in [0.25, 0.3) is 0 Å². The SMILES string of the molecule is c1cncc(CN2CCN([C@H]3C[C@H]4CC[C@@H]3C4)CC2)c1. The Morgan fingerprint density at radius 1 is 1.10 bits per heavy atom. The van der Waals surface area contributed by atoms with Gasteiger partial charge in [-0.1, -0.05) is 12.5 Å². The molecule has 108 valence electrons. The number of hydrogen-bond donors (Lipinski definition) is 0. The molecule has 3 atom stereocenters. The van der Waals surface area contributed by atoms with Gasteiger partial charge in [0.05, 0.1) is 0 Å². The monoisotopic (exact) mass is 271 g/mol. The molecular formula is C17H25N3. The zero-order valence-corrected chi connectivity index (χ0v) is 12.2. The fourth-order valence-corrected chi connectivity index (χ4v) is 4.66. The van der Waals surface area contributed by atoms with E-state index in [2.05, 4.69) is 20.9 Å². The summed E-state index contributed by atoms with van der Waals surface area (Å²) in [5, 5.41) is 0. The normalized spacial score (nSPS) is 34.7. The Balaban J connectivity index is 1.30. The van der Waals surface area contributed by atoms with Gasteiger partial charge in [-0.2, -0.15) is 0 Å². The molecule has 4 rings (SSSR count). The first kappa shape index (κ1) is 12.8. The molecule has 20 heavy (non-hydrogen) atoms. The van der Waals surface area contributed by atoms with Gasteiger partial charge in [-0.3, -0.25) is 14.8 Å².